The van der Waals surface area contributed by atoms with Gasteiger partial charge < -0.3 is 24.3 Å². The van der Waals surface area contributed by atoms with Gasteiger partial charge in [-0.3, -0.25) is 9.69 Å². The number of aromatic nitrogens is 1. The number of anilines is 1. The van der Waals surface area contributed by atoms with Crippen LogP contribution in [0.5, 0.6) is 5.75 Å². The van der Waals surface area contributed by atoms with E-state index in [1.54, 1.807) is 7.11 Å². The monoisotopic (exact) mass is 436 g/mol. The smallest absolute Gasteiger partial charge is 0.236 e. The van der Waals surface area contributed by atoms with Crippen molar-refractivity contribution in [2.24, 2.45) is 0 Å². The van der Waals surface area contributed by atoms with Crippen molar-refractivity contribution in [2.75, 3.05) is 51.8 Å². The predicted octanol–water partition coefficient (Wildman–Crippen LogP) is 2.98. The number of benzene rings is 1. The average Bonchev–Trinajstić information content (AvgIpc) is 3.56. The van der Waals surface area contributed by atoms with E-state index in [1.807, 2.05) is 6.07 Å². The molecule has 170 valence electrons. The Kier molecular flexibility index (Phi) is 4.73. The summed E-state index contributed by atoms with van der Waals surface area (Å²) in [6.07, 6.45) is 7.27. The zero-order valence-electron chi connectivity index (χ0n) is 18.8. The van der Waals surface area contributed by atoms with Crippen molar-refractivity contribution in [2.45, 2.75) is 43.2 Å². The van der Waals surface area contributed by atoms with Crippen molar-refractivity contribution in [1.82, 2.24) is 14.4 Å². The Morgan fingerprint density at radius 1 is 1.16 bits per heavy atom. The van der Waals surface area contributed by atoms with Gasteiger partial charge in [-0.15, -0.1) is 0 Å². The molecule has 1 aromatic heterocycles. The number of amides is 1. The first-order valence-corrected chi connectivity index (χ1v) is 11.9. The topological polar surface area (TPSA) is 59.0 Å². The summed E-state index contributed by atoms with van der Waals surface area (Å²) >= 11 is 0. The maximum Gasteiger partial charge on any atom is 0.236 e. The van der Waals surface area contributed by atoms with Crippen molar-refractivity contribution in [3.8, 4) is 11.4 Å². The zero-order chi connectivity index (χ0) is 21.8. The van der Waals surface area contributed by atoms with Crippen LogP contribution < -0.4 is 10.1 Å². The molecule has 3 saturated heterocycles. The van der Waals surface area contributed by atoms with Crippen molar-refractivity contribution < 1.29 is 14.3 Å². The van der Waals surface area contributed by atoms with Gasteiger partial charge >= 0.3 is 0 Å². The highest BCUT2D eigenvalue weighted by Gasteiger charge is 2.54. The van der Waals surface area contributed by atoms with Crippen LogP contribution >= 0.6 is 0 Å². The molecule has 0 radical (unpaired) electrons. The van der Waals surface area contributed by atoms with Gasteiger partial charge in [0.05, 0.1) is 42.9 Å². The van der Waals surface area contributed by atoms with Gasteiger partial charge in [-0.05, 0) is 63.0 Å². The molecule has 7 nitrogen and oxygen atoms in total. The fourth-order valence-corrected chi connectivity index (χ4v) is 6.15. The maximum absolute atomic E-state index is 12.8. The number of fused-ring (bicyclic) bond motifs is 4. The van der Waals surface area contributed by atoms with E-state index in [0.29, 0.717) is 13.2 Å². The van der Waals surface area contributed by atoms with E-state index < -0.39 is 0 Å². The number of ether oxygens (including phenoxy) is 2. The van der Waals surface area contributed by atoms with Crippen LogP contribution in [-0.2, 0) is 15.1 Å². The van der Waals surface area contributed by atoms with E-state index >= 15 is 0 Å². The predicted molar refractivity (Wildman–Crippen MR) is 122 cm³/mol. The van der Waals surface area contributed by atoms with Crippen LogP contribution in [0, 0.1) is 0 Å². The van der Waals surface area contributed by atoms with Gasteiger partial charge in [-0.2, -0.15) is 0 Å². The maximum atomic E-state index is 12.8. The number of likely N-dealkylation sites (tertiary alicyclic amines) is 2. The molecule has 0 saturated carbocycles. The number of hydrogen-bond donors (Lipinski definition) is 1. The Morgan fingerprint density at radius 3 is 2.75 bits per heavy atom. The second-order valence-corrected chi connectivity index (χ2v) is 9.87. The van der Waals surface area contributed by atoms with Crippen molar-refractivity contribution in [3.63, 3.8) is 0 Å². The summed E-state index contributed by atoms with van der Waals surface area (Å²) in [4.78, 5) is 17.1. The van der Waals surface area contributed by atoms with Gasteiger partial charge in [0.1, 0.15) is 11.3 Å². The van der Waals surface area contributed by atoms with Crippen LogP contribution in [0.25, 0.3) is 5.69 Å². The summed E-state index contributed by atoms with van der Waals surface area (Å²) in [5, 5.41) is 3.83. The summed E-state index contributed by atoms with van der Waals surface area (Å²) < 4.78 is 14.3. The van der Waals surface area contributed by atoms with Crippen molar-refractivity contribution >= 4 is 11.6 Å². The van der Waals surface area contributed by atoms with Crippen molar-refractivity contribution in [3.05, 3.63) is 42.2 Å². The molecule has 3 fully saturated rings. The molecule has 4 aliphatic rings. The van der Waals surface area contributed by atoms with Gasteiger partial charge in [-0.1, -0.05) is 0 Å². The van der Waals surface area contributed by atoms with E-state index in [2.05, 4.69) is 50.1 Å². The molecule has 1 amide bonds. The molecule has 1 aromatic carbocycles. The summed E-state index contributed by atoms with van der Waals surface area (Å²) in [5.74, 6) is 1.13. The van der Waals surface area contributed by atoms with Gasteiger partial charge in [0.25, 0.3) is 0 Å². The molecule has 1 atom stereocenters. The molecule has 2 spiro atoms. The first-order valence-electron chi connectivity index (χ1n) is 11.9. The molecule has 1 unspecified atom stereocenters. The highest BCUT2D eigenvalue weighted by Crippen LogP contribution is 2.50. The number of methoxy groups -OCH3 is 1. The number of hydrogen-bond acceptors (Lipinski definition) is 5. The minimum absolute atomic E-state index is 0.178. The van der Waals surface area contributed by atoms with Crippen LogP contribution in [-0.4, -0.2) is 72.3 Å². The highest BCUT2D eigenvalue weighted by atomic mass is 16.5. The Bertz CT molecular complexity index is 1020. The SMILES string of the molecule is COc1ccc2c(c1)NC1(COC3(CCN(C(=O)CN4CCCC4)CC3)C1)c1cccn1-2. The summed E-state index contributed by atoms with van der Waals surface area (Å²) in [6, 6.07) is 10.5. The molecular weight excluding hydrogens is 404 g/mol. The minimum Gasteiger partial charge on any atom is -0.497 e. The number of carbonyl (C=O) groups excluding carboxylic acids is 1. The number of carbonyl (C=O) groups is 1. The molecule has 0 aliphatic carbocycles. The van der Waals surface area contributed by atoms with Gasteiger partial charge in [0, 0.05) is 31.8 Å². The van der Waals surface area contributed by atoms with Gasteiger partial charge in [-0.25, -0.2) is 0 Å². The average molecular weight is 437 g/mol. The van der Waals surface area contributed by atoms with Gasteiger partial charge in [0.15, 0.2) is 0 Å². The van der Waals surface area contributed by atoms with Crippen LogP contribution in [0.15, 0.2) is 36.5 Å². The summed E-state index contributed by atoms with van der Waals surface area (Å²) in [7, 11) is 1.70. The zero-order valence-corrected chi connectivity index (χ0v) is 18.8. The molecule has 4 aliphatic heterocycles. The minimum atomic E-state index is -0.259. The van der Waals surface area contributed by atoms with Crippen LogP contribution in [0.3, 0.4) is 0 Å². The normalized spacial score (nSPS) is 26.2. The Labute approximate surface area is 189 Å². The number of nitrogens with one attached hydrogen (secondary N) is 1. The highest BCUT2D eigenvalue weighted by molar-refractivity contribution is 5.78. The second-order valence-electron chi connectivity index (χ2n) is 9.87. The molecule has 5 heterocycles. The van der Waals surface area contributed by atoms with E-state index in [1.165, 1.54) is 18.5 Å². The van der Waals surface area contributed by atoms with Crippen LogP contribution in [0.1, 0.15) is 37.8 Å². The van der Waals surface area contributed by atoms with E-state index in [0.717, 1.165) is 62.6 Å². The summed E-state index contributed by atoms with van der Waals surface area (Å²) in [6.45, 7) is 4.91. The molecule has 1 N–H and O–H groups in total. The van der Waals surface area contributed by atoms with E-state index in [-0.39, 0.29) is 17.0 Å². The van der Waals surface area contributed by atoms with Crippen molar-refractivity contribution in [1.29, 1.82) is 0 Å². The second kappa shape index (κ2) is 7.52. The lowest BCUT2D eigenvalue weighted by molar-refractivity contribution is -0.136. The van der Waals surface area contributed by atoms with Gasteiger partial charge in [0.2, 0.25) is 5.91 Å². The molecule has 0 bridgehead atoms. The number of nitrogens with zero attached hydrogens (tertiary/aromatic N) is 3. The molecule has 2 aromatic rings. The van der Waals surface area contributed by atoms with Crippen LogP contribution in [0.2, 0.25) is 0 Å². The lowest BCUT2D eigenvalue weighted by atomic mass is 9.79. The van der Waals surface area contributed by atoms with E-state index in [9.17, 15) is 4.79 Å². The first-order chi connectivity index (χ1) is 15.6. The molecule has 7 heteroatoms. The fourth-order valence-electron chi connectivity index (χ4n) is 6.15. The molecule has 32 heavy (non-hydrogen) atoms. The third-order valence-electron chi connectivity index (χ3n) is 7.91. The van der Waals surface area contributed by atoms with Crippen LogP contribution in [0.4, 0.5) is 5.69 Å². The third kappa shape index (κ3) is 3.21. The Hall–Kier alpha value is -2.51. The Morgan fingerprint density at radius 2 is 1.97 bits per heavy atom. The van der Waals surface area contributed by atoms with E-state index in [4.69, 9.17) is 9.47 Å². The number of rotatable bonds is 3. The first kappa shape index (κ1) is 20.1. The lowest BCUT2D eigenvalue weighted by Gasteiger charge is -2.41. The quantitative estimate of drug-likeness (QED) is 0.802. The lowest BCUT2D eigenvalue weighted by Crippen LogP contribution is -2.50. The standard InChI is InChI=1S/C25H32N4O3/c1-31-19-6-7-21-20(15-19)26-25(22-5-4-12-29(21)22)17-24(32-18-25)8-13-28(14-9-24)23(30)16-27-10-2-3-11-27/h4-7,12,15,26H,2-3,8-11,13-14,16-18H2,1H3. The third-order valence-corrected chi connectivity index (χ3v) is 7.91. The molecular formula is C25H32N4O3. The Balaban J connectivity index is 1.19. The number of piperidine rings is 1. The fraction of sp³-hybridized carbons (Fsp3) is 0.560. The summed E-state index contributed by atoms with van der Waals surface area (Å²) in [5.41, 5.74) is 3.03. The molecule has 6 rings (SSSR count). The largest absolute Gasteiger partial charge is 0.497 e.